The lowest BCUT2D eigenvalue weighted by Gasteiger charge is -2.12. The third kappa shape index (κ3) is 4.58. The monoisotopic (exact) mass is 470 g/mol. The van der Waals surface area contributed by atoms with Gasteiger partial charge in [-0.2, -0.15) is 4.98 Å². The number of hydrogen-bond acceptors (Lipinski definition) is 6. The third-order valence-corrected chi connectivity index (χ3v) is 5.64. The van der Waals surface area contributed by atoms with Crippen LogP contribution in [-0.4, -0.2) is 30.4 Å². The van der Waals surface area contributed by atoms with Crippen LogP contribution in [0.3, 0.4) is 0 Å². The molecule has 7 heteroatoms. The number of pyridine rings is 1. The molecule has 0 saturated carbocycles. The molecule has 0 unspecified atom stereocenters. The predicted molar refractivity (Wildman–Crippen MR) is 135 cm³/mol. The second kappa shape index (κ2) is 9.95. The van der Waals surface area contributed by atoms with Crippen LogP contribution in [-0.2, 0) is 11.5 Å². The Bertz CT molecular complexity index is 1460. The average molecular weight is 471 g/mol. The van der Waals surface area contributed by atoms with Crippen LogP contribution < -0.4 is 18.9 Å². The predicted octanol–water partition coefficient (Wildman–Crippen LogP) is 6.79. The first kappa shape index (κ1) is 22.6. The van der Waals surface area contributed by atoms with E-state index in [0.29, 0.717) is 47.9 Å². The van der Waals surface area contributed by atoms with Gasteiger partial charge >= 0.3 is 0 Å². The normalized spacial score (nSPS) is 11.1. The van der Waals surface area contributed by atoms with Gasteiger partial charge in [-0.15, -0.1) is 0 Å². The van der Waals surface area contributed by atoms with Gasteiger partial charge in [-0.1, -0.05) is 24.3 Å². The molecule has 5 aromatic rings. The average Bonchev–Trinajstić information content (AvgIpc) is 3.21. The summed E-state index contributed by atoms with van der Waals surface area (Å²) in [6, 6.07) is 24.8. The SMILES string of the molecule is CCOCn1c2ccccc2c2c(Oc3ccc(OC)cc3)cc(Oc3cccc(OC)c3)nc21. The molecule has 2 aromatic heterocycles. The van der Waals surface area contributed by atoms with E-state index in [1.54, 1.807) is 14.2 Å². The Morgan fingerprint density at radius 1 is 0.743 bits per heavy atom. The number of nitrogens with zero attached hydrogens (tertiary/aromatic N) is 2. The van der Waals surface area contributed by atoms with Gasteiger partial charge in [0, 0.05) is 24.1 Å². The molecule has 178 valence electrons. The maximum atomic E-state index is 6.39. The second-order valence-corrected chi connectivity index (χ2v) is 7.78. The van der Waals surface area contributed by atoms with Crippen molar-refractivity contribution in [3.8, 4) is 34.6 Å². The highest BCUT2D eigenvalue weighted by molar-refractivity contribution is 6.10. The standard InChI is InChI=1S/C28H26N2O5/c1-4-33-18-30-24-11-6-5-10-23(24)27-25(34-20-14-12-19(31-2)13-15-20)17-26(29-28(27)30)35-22-9-7-8-21(16-22)32-3/h5-17H,4,18H2,1-3H3. The quantitative estimate of drug-likeness (QED) is 0.236. The van der Waals surface area contributed by atoms with Crippen LogP contribution in [0.2, 0.25) is 0 Å². The summed E-state index contributed by atoms with van der Waals surface area (Å²) in [5, 5.41) is 1.90. The molecule has 5 rings (SSSR count). The van der Waals surface area contributed by atoms with Crippen molar-refractivity contribution in [3.05, 3.63) is 78.9 Å². The zero-order valence-corrected chi connectivity index (χ0v) is 19.9. The maximum absolute atomic E-state index is 6.39. The van der Waals surface area contributed by atoms with Gasteiger partial charge in [-0.3, -0.25) is 0 Å². The Morgan fingerprint density at radius 3 is 2.26 bits per heavy atom. The molecule has 0 aliphatic rings. The summed E-state index contributed by atoms with van der Waals surface area (Å²) in [5.74, 6) is 3.77. The van der Waals surface area contributed by atoms with Gasteiger partial charge < -0.3 is 28.3 Å². The summed E-state index contributed by atoms with van der Waals surface area (Å²) in [7, 11) is 3.26. The van der Waals surface area contributed by atoms with Crippen molar-refractivity contribution in [2.45, 2.75) is 13.7 Å². The van der Waals surface area contributed by atoms with Gasteiger partial charge in [-0.05, 0) is 49.4 Å². The largest absolute Gasteiger partial charge is 0.497 e. The van der Waals surface area contributed by atoms with Crippen molar-refractivity contribution in [1.29, 1.82) is 0 Å². The molecule has 35 heavy (non-hydrogen) atoms. The van der Waals surface area contributed by atoms with Gasteiger partial charge in [0.2, 0.25) is 5.88 Å². The molecule has 0 radical (unpaired) electrons. The van der Waals surface area contributed by atoms with Gasteiger partial charge in [0.25, 0.3) is 0 Å². The summed E-state index contributed by atoms with van der Waals surface area (Å²) < 4.78 is 31.0. The molecule has 0 aliphatic carbocycles. The van der Waals surface area contributed by atoms with Crippen LogP contribution in [0.1, 0.15) is 6.92 Å². The summed E-state index contributed by atoms with van der Waals surface area (Å²) in [5.41, 5.74) is 1.71. The molecule has 0 spiro atoms. The molecular weight excluding hydrogens is 444 g/mol. The van der Waals surface area contributed by atoms with Gasteiger partial charge in [0.05, 0.1) is 25.1 Å². The Hall–Kier alpha value is -4.23. The number of para-hydroxylation sites is 1. The fraction of sp³-hybridized carbons (Fsp3) is 0.179. The first-order chi connectivity index (χ1) is 17.2. The summed E-state index contributed by atoms with van der Waals surface area (Å²) >= 11 is 0. The number of aromatic nitrogens is 2. The van der Waals surface area contributed by atoms with E-state index in [-0.39, 0.29) is 0 Å². The lowest BCUT2D eigenvalue weighted by atomic mass is 10.2. The van der Waals surface area contributed by atoms with Crippen LogP contribution in [0.4, 0.5) is 0 Å². The van der Waals surface area contributed by atoms with E-state index in [2.05, 4.69) is 12.1 Å². The van der Waals surface area contributed by atoms with Gasteiger partial charge in [0.15, 0.2) is 5.65 Å². The highest BCUT2D eigenvalue weighted by Crippen LogP contribution is 2.40. The zero-order valence-electron chi connectivity index (χ0n) is 19.9. The molecule has 7 nitrogen and oxygen atoms in total. The first-order valence-corrected chi connectivity index (χ1v) is 11.3. The van der Waals surface area contributed by atoms with Crippen molar-refractivity contribution < 1.29 is 23.7 Å². The van der Waals surface area contributed by atoms with Crippen molar-refractivity contribution in [1.82, 2.24) is 9.55 Å². The van der Waals surface area contributed by atoms with E-state index in [4.69, 9.17) is 28.7 Å². The molecule has 0 fully saturated rings. The maximum Gasteiger partial charge on any atom is 0.224 e. The minimum absolute atomic E-state index is 0.359. The number of rotatable bonds is 9. The zero-order chi connectivity index (χ0) is 24.2. The van der Waals surface area contributed by atoms with Gasteiger partial charge in [-0.25, -0.2) is 0 Å². The number of fused-ring (bicyclic) bond motifs is 3. The number of hydrogen-bond donors (Lipinski definition) is 0. The van der Waals surface area contributed by atoms with Crippen molar-refractivity contribution >= 4 is 21.9 Å². The molecule has 0 bridgehead atoms. The molecule has 0 amide bonds. The third-order valence-electron chi connectivity index (χ3n) is 5.64. The number of methoxy groups -OCH3 is 2. The van der Waals surface area contributed by atoms with E-state index in [1.807, 2.05) is 78.2 Å². The Kier molecular flexibility index (Phi) is 6.41. The van der Waals surface area contributed by atoms with E-state index in [0.717, 1.165) is 22.0 Å². The first-order valence-electron chi connectivity index (χ1n) is 11.3. The van der Waals surface area contributed by atoms with Crippen LogP contribution in [0.5, 0.6) is 34.6 Å². The minimum Gasteiger partial charge on any atom is -0.497 e. The van der Waals surface area contributed by atoms with Crippen LogP contribution >= 0.6 is 0 Å². The number of benzene rings is 3. The molecule has 0 atom stereocenters. The molecule has 0 saturated heterocycles. The fourth-order valence-corrected chi connectivity index (χ4v) is 3.97. The number of ether oxygens (including phenoxy) is 5. The van der Waals surface area contributed by atoms with Crippen molar-refractivity contribution in [3.63, 3.8) is 0 Å². The fourth-order valence-electron chi connectivity index (χ4n) is 3.97. The van der Waals surface area contributed by atoms with E-state index < -0.39 is 0 Å². The Balaban J connectivity index is 1.67. The molecule has 0 N–H and O–H groups in total. The van der Waals surface area contributed by atoms with E-state index in [1.165, 1.54) is 0 Å². The van der Waals surface area contributed by atoms with Crippen molar-refractivity contribution in [2.24, 2.45) is 0 Å². The van der Waals surface area contributed by atoms with Gasteiger partial charge in [0.1, 0.15) is 35.5 Å². The molecular formula is C28H26N2O5. The summed E-state index contributed by atoms with van der Waals surface area (Å²) in [6.07, 6.45) is 0. The Labute approximate surface area is 203 Å². The molecule has 2 heterocycles. The van der Waals surface area contributed by atoms with Crippen LogP contribution in [0, 0.1) is 0 Å². The highest BCUT2D eigenvalue weighted by Gasteiger charge is 2.19. The Morgan fingerprint density at radius 2 is 1.49 bits per heavy atom. The van der Waals surface area contributed by atoms with Crippen molar-refractivity contribution in [2.75, 3.05) is 20.8 Å². The topological polar surface area (TPSA) is 64.0 Å². The van der Waals surface area contributed by atoms with E-state index in [9.17, 15) is 0 Å². The summed E-state index contributed by atoms with van der Waals surface area (Å²) in [4.78, 5) is 4.87. The van der Waals surface area contributed by atoms with Crippen LogP contribution in [0.15, 0.2) is 78.9 Å². The lowest BCUT2D eigenvalue weighted by Crippen LogP contribution is -2.03. The lowest BCUT2D eigenvalue weighted by molar-refractivity contribution is 0.0932. The smallest absolute Gasteiger partial charge is 0.224 e. The molecule has 0 aliphatic heterocycles. The summed E-state index contributed by atoms with van der Waals surface area (Å²) in [6.45, 7) is 2.91. The minimum atomic E-state index is 0.359. The van der Waals surface area contributed by atoms with Crippen LogP contribution in [0.25, 0.3) is 21.9 Å². The molecule has 3 aromatic carbocycles. The highest BCUT2D eigenvalue weighted by atomic mass is 16.5. The second-order valence-electron chi connectivity index (χ2n) is 7.78. The van der Waals surface area contributed by atoms with E-state index >= 15 is 0 Å².